The van der Waals surface area contributed by atoms with Crippen molar-refractivity contribution in [3.63, 3.8) is 0 Å². The highest BCUT2D eigenvalue weighted by Gasteiger charge is 2.15. The van der Waals surface area contributed by atoms with Crippen molar-refractivity contribution in [1.82, 2.24) is 10.1 Å². The maximum Gasteiger partial charge on any atom is 0.170 e. The summed E-state index contributed by atoms with van der Waals surface area (Å²) in [6.45, 7) is 3.86. The van der Waals surface area contributed by atoms with Gasteiger partial charge in [-0.1, -0.05) is 29.4 Å². The Morgan fingerprint density at radius 2 is 1.83 bits per heavy atom. The minimum absolute atomic E-state index is 0.331. The summed E-state index contributed by atoms with van der Waals surface area (Å²) in [6, 6.07) is 21.0. The topological polar surface area (TPSA) is 38.5 Å². The molecule has 1 aromatic heterocycles. The van der Waals surface area contributed by atoms with Crippen LogP contribution in [0.1, 0.15) is 17.5 Å². The molecule has 0 saturated carbocycles. The zero-order valence-electron chi connectivity index (χ0n) is 16.7. The van der Waals surface area contributed by atoms with Gasteiger partial charge in [-0.15, -0.1) is 0 Å². The second kappa shape index (κ2) is 8.28. The Kier molecular flexibility index (Phi) is 5.20. The van der Waals surface area contributed by atoms with Crippen LogP contribution >= 0.6 is 0 Å². The lowest BCUT2D eigenvalue weighted by molar-refractivity contribution is 0.221. The summed E-state index contributed by atoms with van der Waals surface area (Å²) >= 11 is 0. The van der Waals surface area contributed by atoms with Crippen LogP contribution in [-0.4, -0.2) is 29.8 Å². The summed E-state index contributed by atoms with van der Waals surface area (Å²) in [4.78, 5) is 2.49. The number of halogens is 1. The van der Waals surface area contributed by atoms with E-state index in [4.69, 9.17) is 9.26 Å². The van der Waals surface area contributed by atoms with E-state index in [-0.39, 0.29) is 5.82 Å². The Morgan fingerprint density at radius 3 is 2.70 bits per heavy atom. The molecule has 0 saturated heterocycles. The van der Waals surface area contributed by atoms with Gasteiger partial charge in [0.1, 0.15) is 17.3 Å². The molecule has 1 aliphatic heterocycles. The Morgan fingerprint density at radius 1 is 1.00 bits per heavy atom. The molecule has 3 aromatic carbocycles. The third-order valence-electron chi connectivity index (χ3n) is 5.66. The molecule has 5 rings (SSSR count). The largest absolute Gasteiger partial charge is 0.494 e. The number of fused-ring (bicyclic) bond motifs is 2. The number of hydrogen-bond donors (Lipinski definition) is 0. The van der Waals surface area contributed by atoms with Crippen molar-refractivity contribution in [2.24, 2.45) is 0 Å². The summed E-state index contributed by atoms with van der Waals surface area (Å²) in [5, 5.41) is 4.89. The fourth-order valence-corrected chi connectivity index (χ4v) is 4.05. The molecular formula is C25H23FN2O2. The van der Waals surface area contributed by atoms with E-state index in [1.54, 1.807) is 6.07 Å². The van der Waals surface area contributed by atoms with Crippen molar-refractivity contribution >= 4 is 11.0 Å². The van der Waals surface area contributed by atoms with Crippen molar-refractivity contribution < 1.29 is 13.7 Å². The zero-order chi connectivity index (χ0) is 20.3. The van der Waals surface area contributed by atoms with Crippen LogP contribution in [-0.2, 0) is 13.0 Å². The quantitative estimate of drug-likeness (QED) is 0.401. The molecule has 4 aromatic rings. The van der Waals surface area contributed by atoms with Crippen molar-refractivity contribution in [2.75, 3.05) is 19.7 Å². The summed E-state index contributed by atoms with van der Waals surface area (Å²) in [5.41, 5.74) is 5.01. The minimum atomic E-state index is -0.331. The number of ether oxygens (including phenoxy) is 1. The van der Waals surface area contributed by atoms with Crippen LogP contribution in [0.2, 0.25) is 0 Å². The lowest BCUT2D eigenvalue weighted by atomic mass is 10.00. The van der Waals surface area contributed by atoms with Gasteiger partial charge in [-0.05, 0) is 60.4 Å². The SMILES string of the molecule is Fc1ccc2c(-c3ccc(OCCCN4CCc5ccccc5C4)cc3)noc2c1. The highest BCUT2D eigenvalue weighted by Crippen LogP contribution is 2.29. The predicted octanol–water partition coefficient (Wildman–Crippen LogP) is 5.46. The highest BCUT2D eigenvalue weighted by atomic mass is 19.1. The van der Waals surface area contributed by atoms with Gasteiger partial charge in [0, 0.05) is 36.7 Å². The summed E-state index contributed by atoms with van der Waals surface area (Å²) in [6.07, 6.45) is 2.12. The molecule has 0 fully saturated rings. The molecule has 4 nitrogen and oxygen atoms in total. The number of hydrogen-bond acceptors (Lipinski definition) is 4. The molecule has 0 amide bonds. The van der Waals surface area contributed by atoms with Crippen molar-refractivity contribution in [3.05, 3.63) is 83.7 Å². The van der Waals surface area contributed by atoms with E-state index in [9.17, 15) is 4.39 Å². The Balaban J connectivity index is 1.14. The predicted molar refractivity (Wildman–Crippen MR) is 115 cm³/mol. The monoisotopic (exact) mass is 402 g/mol. The minimum Gasteiger partial charge on any atom is -0.494 e. The van der Waals surface area contributed by atoms with Crippen LogP contribution in [0.3, 0.4) is 0 Å². The van der Waals surface area contributed by atoms with Gasteiger partial charge in [-0.3, -0.25) is 4.90 Å². The first-order chi connectivity index (χ1) is 14.8. The van der Waals surface area contributed by atoms with E-state index in [1.807, 2.05) is 24.3 Å². The molecule has 1 aliphatic rings. The maximum absolute atomic E-state index is 13.3. The molecule has 0 unspecified atom stereocenters. The summed E-state index contributed by atoms with van der Waals surface area (Å²) in [7, 11) is 0. The Hall–Kier alpha value is -3.18. The third-order valence-corrected chi connectivity index (χ3v) is 5.66. The van der Waals surface area contributed by atoms with Crippen molar-refractivity contribution in [1.29, 1.82) is 0 Å². The molecule has 5 heteroatoms. The van der Waals surface area contributed by atoms with Gasteiger partial charge in [0.25, 0.3) is 0 Å². The lowest BCUT2D eigenvalue weighted by Gasteiger charge is -2.28. The number of benzene rings is 3. The lowest BCUT2D eigenvalue weighted by Crippen LogP contribution is -2.31. The molecular weight excluding hydrogens is 379 g/mol. The van der Waals surface area contributed by atoms with Gasteiger partial charge >= 0.3 is 0 Å². The highest BCUT2D eigenvalue weighted by molar-refractivity contribution is 5.91. The molecule has 0 bridgehead atoms. The Bertz CT molecular complexity index is 1150. The molecule has 152 valence electrons. The molecule has 0 spiro atoms. The van der Waals surface area contributed by atoms with Gasteiger partial charge in [0.05, 0.1) is 6.61 Å². The van der Waals surface area contributed by atoms with Crippen LogP contribution in [0.4, 0.5) is 4.39 Å². The van der Waals surface area contributed by atoms with Crippen LogP contribution in [0, 0.1) is 5.82 Å². The van der Waals surface area contributed by atoms with Crippen LogP contribution in [0.15, 0.2) is 71.3 Å². The zero-order valence-corrected chi connectivity index (χ0v) is 16.7. The standard InChI is InChI=1S/C25H23FN2O2/c26-21-8-11-23-24(16-21)30-27-25(23)19-6-9-22(10-7-19)29-15-3-13-28-14-12-18-4-1-2-5-20(18)17-28/h1-2,4-11,16H,3,12-15,17H2. The van der Waals surface area contributed by atoms with E-state index < -0.39 is 0 Å². The Labute approximate surface area is 174 Å². The van der Waals surface area contributed by atoms with E-state index >= 15 is 0 Å². The molecule has 0 aliphatic carbocycles. The van der Waals surface area contributed by atoms with Gasteiger partial charge < -0.3 is 9.26 Å². The number of nitrogens with zero attached hydrogens (tertiary/aromatic N) is 2. The van der Waals surface area contributed by atoms with E-state index in [2.05, 4.69) is 34.3 Å². The van der Waals surface area contributed by atoms with Gasteiger partial charge in [-0.25, -0.2) is 4.39 Å². The van der Waals surface area contributed by atoms with Gasteiger partial charge in [0.15, 0.2) is 5.58 Å². The fraction of sp³-hybridized carbons (Fsp3) is 0.240. The third kappa shape index (κ3) is 3.94. The summed E-state index contributed by atoms with van der Waals surface area (Å²) < 4.78 is 24.5. The first-order valence-electron chi connectivity index (χ1n) is 10.3. The smallest absolute Gasteiger partial charge is 0.170 e. The second-order valence-corrected chi connectivity index (χ2v) is 7.69. The molecule has 2 heterocycles. The molecule has 0 radical (unpaired) electrons. The van der Waals surface area contributed by atoms with E-state index in [1.165, 1.54) is 23.3 Å². The second-order valence-electron chi connectivity index (χ2n) is 7.69. The summed E-state index contributed by atoms with van der Waals surface area (Å²) in [5.74, 6) is 0.504. The van der Waals surface area contributed by atoms with Crippen LogP contribution < -0.4 is 4.74 Å². The first-order valence-corrected chi connectivity index (χ1v) is 10.3. The molecule has 30 heavy (non-hydrogen) atoms. The van der Waals surface area contributed by atoms with Gasteiger partial charge in [-0.2, -0.15) is 0 Å². The van der Waals surface area contributed by atoms with E-state index in [0.717, 1.165) is 49.2 Å². The molecule has 0 N–H and O–H groups in total. The van der Waals surface area contributed by atoms with E-state index in [0.29, 0.717) is 17.9 Å². The average molecular weight is 402 g/mol. The van der Waals surface area contributed by atoms with Crippen LogP contribution in [0.25, 0.3) is 22.2 Å². The number of rotatable bonds is 6. The average Bonchev–Trinajstić information content (AvgIpc) is 3.20. The molecule has 0 atom stereocenters. The van der Waals surface area contributed by atoms with Gasteiger partial charge in [0.2, 0.25) is 0 Å². The van der Waals surface area contributed by atoms with Crippen molar-refractivity contribution in [2.45, 2.75) is 19.4 Å². The van der Waals surface area contributed by atoms with Crippen LogP contribution in [0.5, 0.6) is 5.75 Å². The maximum atomic E-state index is 13.3. The van der Waals surface area contributed by atoms with Crippen molar-refractivity contribution in [3.8, 4) is 17.0 Å². The first kappa shape index (κ1) is 18.8. The fourth-order valence-electron chi connectivity index (χ4n) is 4.05. The normalized spacial score (nSPS) is 14.0. The number of aromatic nitrogens is 1.